The third-order valence-corrected chi connectivity index (χ3v) is 8.03. The normalized spacial score (nSPS) is 20.0. The van der Waals surface area contributed by atoms with Gasteiger partial charge in [0.1, 0.15) is 0 Å². The molecule has 2 N–H and O–H groups in total. The molecule has 1 aromatic heterocycles. The number of rotatable bonds is 9. The first kappa shape index (κ1) is 25.1. The maximum atomic E-state index is 12.5. The molecular formula is C24H34N8O2S. The zero-order valence-electron chi connectivity index (χ0n) is 20.4. The molecule has 4 rings (SSSR count). The fraction of sp³-hybridized carbons (Fsp3) is 0.500. The van der Waals surface area contributed by atoms with E-state index < -0.39 is 10.0 Å². The Bertz CT molecular complexity index is 1200. The Balaban J connectivity index is 1.61. The summed E-state index contributed by atoms with van der Waals surface area (Å²) >= 11 is 0. The lowest BCUT2D eigenvalue weighted by atomic mass is 9.95. The van der Waals surface area contributed by atoms with Crippen molar-refractivity contribution in [3.8, 4) is 11.4 Å². The van der Waals surface area contributed by atoms with Gasteiger partial charge in [-0.25, -0.2) is 13.1 Å². The van der Waals surface area contributed by atoms with Crippen LogP contribution in [0.5, 0.6) is 0 Å². The summed E-state index contributed by atoms with van der Waals surface area (Å²) < 4.78 is 27.4. The van der Waals surface area contributed by atoms with Gasteiger partial charge in [0.25, 0.3) is 0 Å². The number of aromatic nitrogens is 4. The molecule has 10 nitrogen and oxygen atoms in total. The van der Waals surface area contributed by atoms with E-state index in [1.165, 1.54) is 26.3 Å². The Morgan fingerprint density at radius 3 is 2.74 bits per heavy atom. The maximum Gasteiger partial charge on any atom is 0.240 e. The molecule has 1 saturated carbocycles. The summed E-state index contributed by atoms with van der Waals surface area (Å²) in [5.41, 5.74) is 2.46. The van der Waals surface area contributed by atoms with E-state index in [4.69, 9.17) is 5.10 Å². The summed E-state index contributed by atoms with van der Waals surface area (Å²) in [6.45, 7) is 7.11. The molecule has 0 spiro atoms. The smallest absolute Gasteiger partial charge is 0.240 e. The average Bonchev–Trinajstić information content (AvgIpc) is 3.55. The molecule has 1 atom stereocenters. The van der Waals surface area contributed by atoms with E-state index in [-0.39, 0.29) is 10.9 Å². The van der Waals surface area contributed by atoms with Crippen LogP contribution in [-0.4, -0.2) is 66.4 Å². The molecule has 1 unspecified atom stereocenters. The van der Waals surface area contributed by atoms with Crippen molar-refractivity contribution in [1.29, 1.82) is 0 Å². The minimum atomic E-state index is -3.61. The van der Waals surface area contributed by atoms with Gasteiger partial charge < -0.3 is 10.2 Å². The number of tetrazole rings is 1. The Kier molecular flexibility index (Phi) is 7.97. The van der Waals surface area contributed by atoms with Crippen molar-refractivity contribution in [3.63, 3.8) is 0 Å². The summed E-state index contributed by atoms with van der Waals surface area (Å²) in [4.78, 5) is 7.96. The van der Waals surface area contributed by atoms with Crippen LogP contribution in [0.1, 0.15) is 51.5 Å². The van der Waals surface area contributed by atoms with Crippen LogP contribution in [0.25, 0.3) is 11.4 Å². The van der Waals surface area contributed by atoms with Gasteiger partial charge in [0, 0.05) is 36.6 Å². The molecule has 188 valence electrons. The number of sulfonamides is 1. The minimum absolute atomic E-state index is 0.0497. The molecule has 2 fully saturated rings. The van der Waals surface area contributed by atoms with E-state index in [1.807, 2.05) is 25.1 Å². The maximum absolute atomic E-state index is 12.5. The molecule has 1 aliphatic carbocycles. The molecule has 35 heavy (non-hydrogen) atoms. The second-order valence-electron chi connectivity index (χ2n) is 8.95. The third kappa shape index (κ3) is 5.79. The van der Waals surface area contributed by atoms with Gasteiger partial charge in [-0.3, -0.25) is 4.99 Å². The fourth-order valence-corrected chi connectivity index (χ4v) is 5.49. The minimum Gasteiger partial charge on any atom is -0.382 e. The molecule has 2 heterocycles. The van der Waals surface area contributed by atoms with Gasteiger partial charge in [-0.2, -0.15) is 4.80 Å². The van der Waals surface area contributed by atoms with Gasteiger partial charge in [-0.1, -0.05) is 25.3 Å². The summed E-state index contributed by atoms with van der Waals surface area (Å²) in [5.74, 6) is 0.409. The van der Waals surface area contributed by atoms with Crippen LogP contribution in [0, 0.1) is 0 Å². The Labute approximate surface area is 207 Å². The molecule has 11 heteroatoms. The first-order chi connectivity index (χ1) is 16.9. The zero-order chi connectivity index (χ0) is 24.8. The van der Waals surface area contributed by atoms with E-state index in [0.29, 0.717) is 17.4 Å². The number of benzene rings is 1. The van der Waals surface area contributed by atoms with E-state index in [0.717, 1.165) is 43.7 Å². The lowest BCUT2D eigenvalue weighted by Crippen LogP contribution is -2.23. The van der Waals surface area contributed by atoms with Crippen LogP contribution in [0.3, 0.4) is 0 Å². The molecule has 0 radical (unpaired) electrons. The number of nitrogens with one attached hydrogen (secondary N) is 2. The number of allylic oxidation sites excluding steroid dienone is 2. The standard InChI is InChI=1S/C24H34N8O2S/c1-4-8-19(16-25-2)31-14-13-20(17-31)32-29-24(28-30-32)22-15-21(35(33,34)26-3)11-12-23(22)27-18-9-6-5-7-10-18/h4,8,11-12,15-16,18,20,26-27H,2,5-7,9-10,13-14,17H2,1,3H3/b8-4-,19-16+. The summed E-state index contributed by atoms with van der Waals surface area (Å²) in [6.07, 6.45) is 12.4. The lowest BCUT2D eigenvalue weighted by molar-refractivity contribution is 0.371. The molecular weight excluding hydrogens is 464 g/mol. The van der Waals surface area contributed by atoms with Crippen LogP contribution < -0.4 is 10.0 Å². The monoisotopic (exact) mass is 498 g/mol. The number of anilines is 1. The van der Waals surface area contributed by atoms with E-state index in [2.05, 4.69) is 37.0 Å². The molecule has 2 aromatic rings. The molecule has 1 aromatic carbocycles. The van der Waals surface area contributed by atoms with Crippen LogP contribution in [0.15, 0.2) is 52.1 Å². The van der Waals surface area contributed by atoms with Crippen molar-refractivity contribution in [3.05, 3.63) is 42.2 Å². The van der Waals surface area contributed by atoms with Crippen molar-refractivity contribution in [1.82, 2.24) is 29.8 Å². The summed E-state index contributed by atoms with van der Waals surface area (Å²) in [5, 5.41) is 17.0. The zero-order valence-corrected chi connectivity index (χ0v) is 21.2. The van der Waals surface area contributed by atoms with Crippen LogP contribution >= 0.6 is 0 Å². The molecule has 2 aliphatic rings. The quantitative estimate of drug-likeness (QED) is 0.402. The van der Waals surface area contributed by atoms with Crippen LogP contribution in [0.2, 0.25) is 0 Å². The highest BCUT2D eigenvalue weighted by molar-refractivity contribution is 7.89. The Hall–Kier alpha value is -3.05. The van der Waals surface area contributed by atoms with Crippen molar-refractivity contribution in [2.75, 3.05) is 25.5 Å². The highest BCUT2D eigenvalue weighted by atomic mass is 32.2. The topological polar surface area (TPSA) is 117 Å². The van der Waals surface area contributed by atoms with Gasteiger partial charge in [0.2, 0.25) is 15.8 Å². The highest BCUT2D eigenvalue weighted by Crippen LogP contribution is 2.32. The lowest BCUT2D eigenvalue weighted by Gasteiger charge is -2.25. The van der Waals surface area contributed by atoms with Crippen molar-refractivity contribution in [2.24, 2.45) is 4.99 Å². The summed E-state index contributed by atoms with van der Waals surface area (Å²) in [6, 6.07) is 5.45. The second-order valence-corrected chi connectivity index (χ2v) is 10.8. The first-order valence-corrected chi connectivity index (χ1v) is 13.6. The van der Waals surface area contributed by atoms with Crippen molar-refractivity contribution in [2.45, 2.75) is 62.4 Å². The van der Waals surface area contributed by atoms with Crippen molar-refractivity contribution >= 4 is 22.4 Å². The van der Waals surface area contributed by atoms with Gasteiger partial charge in [-0.05, 0) is 69.4 Å². The average molecular weight is 499 g/mol. The van der Waals surface area contributed by atoms with Crippen LogP contribution in [-0.2, 0) is 10.0 Å². The van der Waals surface area contributed by atoms with Gasteiger partial charge >= 0.3 is 0 Å². The van der Waals surface area contributed by atoms with E-state index in [1.54, 1.807) is 23.1 Å². The number of likely N-dealkylation sites (tertiary alicyclic amines) is 1. The highest BCUT2D eigenvalue weighted by Gasteiger charge is 2.28. The molecule has 1 aliphatic heterocycles. The number of hydrogen-bond donors (Lipinski definition) is 2. The second kappa shape index (κ2) is 11.1. The largest absolute Gasteiger partial charge is 0.382 e. The Morgan fingerprint density at radius 1 is 1.23 bits per heavy atom. The fourth-order valence-electron chi connectivity index (χ4n) is 4.73. The predicted molar refractivity (Wildman–Crippen MR) is 138 cm³/mol. The first-order valence-electron chi connectivity index (χ1n) is 12.1. The van der Waals surface area contributed by atoms with E-state index >= 15 is 0 Å². The van der Waals surface area contributed by atoms with Gasteiger partial charge in [0.15, 0.2) is 0 Å². The number of aliphatic imine (C=N–C) groups is 1. The molecule has 1 saturated heterocycles. The number of nitrogens with zero attached hydrogens (tertiary/aromatic N) is 6. The van der Waals surface area contributed by atoms with Crippen LogP contribution in [0.4, 0.5) is 5.69 Å². The van der Waals surface area contributed by atoms with Gasteiger partial charge in [0.05, 0.1) is 16.6 Å². The van der Waals surface area contributed by atoms with Gasteiger partial charge in [-0.15, -0.1) is 10.2 Å². The summed E-state index contributed by atoms with van der Waals surface area (Å²) in [7, 11) is -2.20. The number of hydrogen-bond acceptors (Lipinski definition) is 8. The molecule has 0 amide bonds. The third-order valence-electron chi connectivity index (χ3n) is 6.62. The van der Waals surface area contributed by atoms with Crippen molar-refractivity contribution < 1.29 is 8.42 Å². The molecule has 0 bridgehead atoms. The SMILES string of the molecule is C=N/C=C(\C=C/C)N1CCC(n2nnc(-c3cc(S(=O)(=O)NC)ccc3NC3CCCCC3)n2)C1. The predicted octanol–water partition coefficient (Wildman–Crippen LogP) is 3.36. The van der Waals surface area contributed by atoms with E-state index in [9.17, 15) is 8.42 Å². The Morgan fingerprint density at radius 2 is 2.03 bits per heavy atom.